The number of pyridine rings is 1. The van der Waals surface area contributed by atoms with Crippen LogP contribution >= 0.6 is 0 Å². The third kappa shape index (κ3) is 2.15. The zero-order chi connectivity index (χ0) is 11.4. The van der Waals surface area contributed by atoms with Gasteiger partial charge in [-0.25, -0.2) is 4.79 Å². The molecule has 0 aliphatic carbocycles. The van der Waals surface area contributed by atoms with E-state index < -0.39 is 0 Å². The number of carbonyl (C=O) groups excluding carboxylic acids is 1. The predicted octanol–water partition coefficient (Wildman–Crippen LogP) is 2.38. The lowest BCUT2D eigenvalue weighted by atomic mass is 10.1. The first-order chi connectivity index (χ1) is 7.83. The van der Waals surface area contributed by atoms with Gasteiger partial charge >= 0.3 is 6.09 Å². The van der Waals surface area contributed by atoms with Gasteiger partial charge in [0.15, 0.2) is 0 Å². The highest BCUT2D eigenvalue weighted by Crippen LogP contribution is 2.31. The van der Waals surface area contributed by atoms with E-state index in [1.54, 1.807) is 11.1 Å². The summed E-state index contributed by atoms with van der Waals surface area (Å²) in [5, 5.41) is 0. The minimum absolute atomic E-state index is 0.132. The van der Waals surface area contributed by atoms with Gasteiger partial charge in [-0.15, -0.1) is 0 Å². The lowest BCUT2D eigenvalue weighted by Gasteiger charge is -2.23. The highest BCUT2D eigenvalue weighted by Gasteiger charge is 2.30. The Hall–Kier alpha value is -1.58. The van der Waals surface area contributed by atoms with E-state index in [0.717, 1.165) is 24.9 Å². The molecule has 1 aromatic heterocycles. The Kier molecular flexibility index (Phi) is 3.39. The number of hydrogen-bond acceptors (Lipinski definition) is 3. The molecule has 1 fully saturated rings. The van der Waals surface area contributed by atoms with Crippen molar-refractivity contribution in [3.05, 3.63) is 30.1 Å². The summed E-state index contributed by atoms with van der Waals surface area (Å²) in [5.74, 6) is 0. The van der Waals surface area contributed by atoms with Crippen molar-refractivity contribution in [1.82, 2.24) is 9.88 Å². The highest BCUT2D eigenvalue weighted by atomic mass is 16.6. The van der Waals surface area contributed by atoms with Crippen LogP contribution in [-0.4, -0.2) is 29.1 Å². The summed E-state index contributed by atoms with van der Waals surface area (Å²) in [5.41, 5.74) is 1.09. The van der Waals surface area contributed by atoms with Crippen molar-refractivity contribution < 1.29 is 9.53 Å². The summed E-state index contributed by atoms with van der Waals surface area (Å²) in [6.07, 6.45) is 5.37. The van der Waals surface area contributed by atoms with E-state index in [1.165, 1.54) is 0 Å². The molecule has 0 N–H and O–H groups in total. The molecule has 1 amide bonds. The van der Waals surface area contributed by atoms with Crippen molar-refractivity contribution in [2.24, 2.45) is 0 Å². The fraction of sp³-hybridized carbons (Fsp3) is 0.500. The normalized spacial score (nSPS) is 19.8. The van der Waals surface area contributed by atoms with Crippen LogP contribution in [0.1, 0.15) is 31.4 Å². The summed E-state index contributed by atoms with van der Waals surface area (Å²) < 4.78 is 5.04. The van der Waals surface area contributed by atoms with E-state index in [2.05, 4.69) is 4.98 Å². The van der Waals surface area contributed by atoms with Crippen molar-refractivity contribution in [3.8, 4) is 0 Å². The first-order valence-corrected chi connectivity index (χ1v) is 5.66. The van der Waals surface area contributed by atoms with Crippen LogP contribution in [0.5, 0.6) is 0 Å². The van der Waals surface area contributed by atoms with Gasteiger partial charge < -0.3 is 9.64 Å². The van der Waals surface area contributed by atoms with Crippen LogP contribution in [0.2, 0.25) is 0 Å². The quantitative estimate of drug-likeness (QED) is 0.768. The lowest BCUT2D eigenvalue weighted by molar-refractivity contribution is 0.103. The molecule has 1 aliphatic rings. The van der Waals surface area contributed by atoms with Crippen LogP contribution in [0, 0.1) is 0 Å². The van der Waals surface area contributed by atoms with Crippen molar-refractivity contribution in [3.63, 3.8) is 0 Å². The first kappa shape index (κ1) is 10.9. The molecule has 0 bridgehead atoms. The second kappa shape index (κ2) is 4.96. The number of likely N-dealkylation sites (tertiary alicyclic amines) is 1. The molecule has 1 saturated heterocycles. The monoisotopic (exact) mass is 220 g/mol. The maximum absolute atomic E-state index is 11.7. The highest BCUT2D eigenvalue weighted by molar-refractivity contribution is 5.68. The number of carbonyl (C=O) groups is 1. The van der Waals surface area contributed by atoms with E-state index in [9.17, 15) is 4.79 Å². The number of rotatable bonds is 2. The van der Waals surface area contributed by atoms with Crippen LogP contribution in [0.15, 0.2) is 24.5 Å². The zero-order valence-corrected chi connectivity index (χ0v) is 9.43. The van der Waals surface area contributed by atoms with Gasteiger partial charge in [-0.05, 0) is 31.4 Å². The second-order valence-electron chi connectivity index (χ2n) is 3.84. The molecule has 4 heteroatoms. The van der Waals surface area contributed by atoms with Gasteiger partial charge in [0.1, 0.15) is 0 Å². The lowest BCUT2D eigenvalue weighted by Crippen LogP contribution is -2.31. The topological polar surface area (TPSA) is 42.4 Å². The Morgan fingerprint density at radius 1 is 1.69 bits per heavy atom. The largest absolute Gasteiger partial charge is 0.450 e. The third-order valence-electron chi connectivity index (χ3n) is 2.82. The average Bonchev–Trinajstić information content (AvgIpc) is 2.79. The Morgan fingerprint density at radius 3 is 3.25 bits per heavy atom. The summed E-state index contributed by atoms with van der Waals surface area (Å²) in [6.45, 7) is 3.03. The van der Waals surface area contributed by atoms with Crippen LogP contribution < -0.4 is 0 Å². The second-order valence-corrected chi connectivity index (χ2v) is 3.84. The van der Waals surface area contributed by atoms with Gasteiger partial charge in [0.05, 0.1) is 12.6 Å². The number of aromatic nitrogens is 1. The van der Waals surface area contributed by atoms with Crippen LogP contribution in [0.4, 0.5) is 4.79 Å². The average molecular weight is 220 g/mol. The molecule has 1 atom stereocenters. The molecule has 1 unspecified atom stereocenters. The summed E-state index contributed by atoms with van der Waals surface area (Å²) >= 11 is 0. The molecular weight excluding hydrogens is 204 g/mol. The van der Waals surface area contributed by atoms with Gasteiger partial charge in [-0.2, -0.15) is 0 Å². The summed E-state index contributed by atoms with van der Waals surface area (Å²) in [7, 11) is 0. The molecule has 86 valence electrons. The van der Waals surface area contributed by atoms with Gasteiger partial charge in [-0.1, -0.05) is 6.07 Å². The van der Waals surface area contributed by atoms with Gasteiger partial charge in [0.25, 0.3) is 0 Å². The summed E-state index contributed by atoms with van der Waals surface area (Å²) in [6, 6.07) is 4.04. The molecule has 2 rings (SSSR count). The molecule has 4 nitrogen and oxygen atoms in total. The van der Waals surface area contributed by atoms with Crippen LogP contribution in [0.3, 0.4) is 0 Å². The van der Waals surface area contributed by atoms with Crippen LogP contribution in [0.25, 0.3) is 0 Å². The number of hydrogen-bond donors (Lipinski definition) is 0. The fourth-order valence-electron chi connectivity index (χ4n) is 2.11. The molecular formula is C12H16N2O2. The van der Waals surface area contributed by atoms with Crippen molar-refractivity contribution in [1.29, 1.82) is 0 Å². The molecule has 16 heavy (non-hydrogen) atoms. The SMILES string of the molecule is CCOC(=O)N1CCCC1c1cccnc1. The predicted molar refractivity (Wildman–Crippen MR) is 59.9 cm³/mol. The van der Waals surface area contributed by atoms with Crippen molar-refractivity contribution >= 4 is 6.09 Å². The maximum Gasteiger partial charge on any atom is 0.410 e. The van der Waals surface area contributed by atoms with E-state index in [1.807, 2.05) is 25.3 Å². The minimum atomic E-state index is -0.214. The Bertz CT molecular complexity index is 353. The Morgan fingerprint density at radius 2 is 2.56 bits per heavy atom. The molecule has 0 spiro atoms. The Balaban J connectivity index is 2.12. The number of ether oxygens (including phenoxy) is 1. The van der Waals surface area contributed by atoms with Crippen molar-refractivity contribution in [2.75, 3.05) is 13.2 Å². The molecule has 1 aromatic rings. The van der Waals surface area contributed by atoms with Crippen molar-refractivity contribution in [2.45, 2.75) is 25.8 Å². The Labute approximate surface area is 95.2 Å². The molecule has 0 radical (unpaired) electrons. The van der Waals surface area contributed by atoms with E-state index >= 15 is 0 Å². The first-order valence-electron chi connectivity index (χ1n) is 5.66. The van der Waals surface area contributed by atoms with E-state index in [-0.39, 0.29) is 12.1 Å². The minimum Gasteiger partial charge on any atom is -0.450 e. The van der Waals surface area contributed by atoms with Gasteiger partial charge in [0, 0.05) is 18.9 Å². The third-order valence-corrected chi connectivity index (χ3v) is 2.82. The van der Waals surface area contributed by atoms with E-state index in [0.29, 0.717) is 6.61 Å². The molecule has 2 heterocycles. The van der Waals surface area contributed by atoms with Crippen LogP contribution in [-0.2, 0) is 4.74 Å². The summed E-state index contributed by atoms with van der Waals surface area (Å²) in [4.78, 5) is 17.6. The number of nitrogens with zero attached hydrogens (tertiary/aromatic N) is 2. The molecule has 1 aliphatic heterocycles. The number of amides is 1. The maximum atomic E-state index is 11.7. The van der Waals surface area contributed by atoms with Gasteiger partial charge in [0.2, 0.25) is 0 Å². The van der Waals surface area contributed by atoms with Gasteiger partial charge in [-0.3, -0.25) is 4.98 Å². The fourth-order valence-corrected chi connectivity index (χ4v) is 2.11. The van der Waals surface area contributed by atoms with E-state index in [4.69, 9.17) is 4.74 Å². The zero-order valence-electron chi connectivity index (χ0n) is 9.43. The molecule has 0 saturated carbocycles. The molecule has 0 aromatic carbocycles. The smallest absolute Gasteiger partial charge is 0.410 e. The standard InChI is InChI=1S/C12H16N2O2/c1-2-16-12(15)14-8-4-6-11(14)10-5-3-7-13-9-10/h3,5,7,9,11H,2,4,6,8H2,1H3.